The van der Waals surface area contributed by atoms with E-state index in [0.29, 0.717) is 18.3 Å². The topological polar surface area (TPSA) is 47.3 Å². The summed E-state index contributed by atoms with van der Waals surface area (Å²) in [7, 11) is 0. The number of para-hydroxylation sites is 1. The van der Waals surface area contributed by atoms with Crippen molar-refractivity contribution in [2.75, 3.05) is 29.2 Å². The van der Waals surface area contributed by atoms with Crippen LogP contribution in [0.15, 0.2) is 18.2 Å². The Labute approximate surface area is 114 Å². The second-order valence-electron chi connectivity index (χ2n) is 4.18. The van der Waals surface area contributed by atoms with Gasteiger partial charge in [0, 0.05) is 6.04 Å². The van der Waals surface area contributed by atoms with Crippen LogP contribution in [-0.4, -0.2) is 24.2 Å². The van der Waals surface area contributed by atoms with Crippen molar-refractivity contribution in [2.45, 2.75) is 33.2 Å². The van der Waals surface area contributed by atoms with E-state index in [1.807, 2.05) is 36.9 Å². The summed E-state index contributed by atoms with van der Waals surface area (Å²) in [5.74, 6) is 3.11. The van der Waals surface area contributed by atoms with E-state index in [1.54, 1.807) is 0 Å². The normalized spacial score (nSPS) is 12.2. The lowest BCUT2D eigenvalue weighted by Gasteiger charge is -2.18. The van der Waals surface area contributed by atoms with E-state index in [0.717, 1.165) is 17.9 Å². The van der Waals surface area contributed by atoms with E-state index in [4.69, 9.17) is 10.5 Å². The number of nitrogens with one attached hydrogen (secondary N) is 1. The summed E-state index contributed by atoms with van der Waals surface area (Å²) in [4.78, 5) is 0. The smallest absolute Gasteiger partial charge is 0.144 e. The van der Waals surface area contributed by atoms with Gasteiger partial charge in [0.25, 0.3) is 0 Å². The second-order valence-corrected chi connectivity index (χ2v) is 5.58. The summed E-state index contributed by atoms with van der Waals surface area (Å²) < 4.78 is 5.49. The minimum absolute atomic E-state index is 0.420. The summed E-state index contributed by atoms with van der Waals surface area (Å²) in [6, 6.07) is 6.29. The first-order valence-corrected chi connectivity index (χ1v) is 7.70. The van der Waals surface area contributed by atoms with Gasteiger partial charge in [-0.3, -0.25) is 0 Å². The van der Waals surface area contributed by atoms with Gasteiger partial charge in [-0.1, -0.05) is 13.0 Å². The molecule has 0 aliphatic heterocycles. The maximum atomic E-state index is 6.08. The van der Waals surface area contributed by atoms with Crippen molar-refractivity contribution >= 4 is 23.1 Å². The van der Waals surface area contributed by atoms with Crippen LogP contribution in [-0.2, 0) is 0 Å². The Kier molecular flexibility index (Phi) is 6.80. The molecule has 102 valence electrons. The number of hydrogen-bond acceptors (Lipinski definition) is 4. The minimum Gasteiger partial charge on any atom is -0.492 e. The summed E-state index contributed by atoms with van der Waals surface area (Å²) in [5.41, 5.74) is 7.75. The van der Waals surface area contributed by atoms with E-state index < -0.39 is 0 Å². The Morgan fingerprint density at radius 1 is 1.39 bits per heavy atom. The zero-order valence-electron chi connectivity index (χ0n) is 11.5. The Morgan fingerprint density at radius 2 is 2.17 bits per heavy atom. The molecule has 0 fully saturated rings. The van der Waals surface area contributed by atoms with Crippen LogP contribution in [0, 0.1) is 0 Å². The fraction of sp³-hybridized carbons (Fsp3) is 0.571. The fourth-order valence-corrected chi connectivity index (χ4v) is 2.50. The number of nitrogens with two attached hydrogens (primary N) is 1. The van der Waals surface area contributed by atoms with Gasteiger partial charge in [0.15, 0.2) is 0 Å². The highest BCUT2D eigenvalue weighted by atomic mass is 32.2. The van der Waals surface area contributed by atoms with Gasteiger partial charge < -0.3 is 15.8 Å². The van der Waals surface area contributed by atoms with Gasteiger partial charge in [-0.05, 0) is 43.9 Å². The Bertz CT molecular complexity index is 358. The average Bonchev–Trinajstić information content (AvgIpc) is 2.35. The van der Waals surface area contributed by atoms with Gasteiger partial charge in [-0.2, -0.15) is 11.8 Å². The van der Waals surface area contributed by atoms with Gasteiger partial charge in [0.1, 0.15) is 5.75 Å². The summed E-state index contributed by atoms with van der Waals surface area (Å²) in [5, 5.41) is 3.45. The number of nitrogen functional groups attached to an aromatic ring is 1. The molecule has 3 nitrogen and oxygen atoms in total. The molecule has 0 bridgehead atoms. The molecular weight excluding hydrogens is 244 g/mol. The maximum Gasteiger partial charge on any atom is 0.144 e. The van der Waals surface area contributed by atoms with Crippen molar-refractivity contribution in [1.82, 2.24) is 0 Å². The van der Waals surface area contributed by atoms with Crippen molar-refractivity contribution in [3.8, 4) is 5.75 Å². The third kappa shape index (κ3) is 4.69. The molecule has 0 aliphatic rings. The van der Waals surface area contributed by atoms with E-state index in [2.05, 4.69) is 19.2 Å². The first kappa shape index (κ1) is 15.0. The van der Waals surface area contributed by atoms with E-state index >= 15 is 0 Å². The summed E-state index contributed by atoms with van der Waals surface area (Å²) in [6.45, 7) is 6.97. The Balaban J connectivity index is 2.58. The van der Waals surface area contributed by atoms with Gasteiger partial charge >= 0.3 is 0 Å². The highest BCUT2D eigenvalue weighted by molar-refractivity contribution is 7.99. The predicted molar refractivity (Wildman–Crippen MR) is 82.7 cm³/mol. The molecule has 4 heteroatoms. The van der Waals surface area contributed by atoms with Gasteiger partial charge in [0.2, 0.25) is 0 Å². The molecule has 0 heterocycles. The standard InChI is InChI=1S/C14H24N2OS/c1-4-17-13-8-6-7-12(14(13)15)16-11(3)9-10-18-5-2/h6-8,11,16H,4-5,9-10,15H2,1-3H3. The molecule has 0 saturated heterocycles. The van der Waals surface area contributed by atoms with Crippen LogP contribution >= 0.6 is 11.8 Å². The summed E-state index contributed by atoms with van der Waals surface area (Å²) >= 11 is 1.97. The Hall–Kier alpha value is -1.03. The second kappa shape index (κ2) is 8.14. The van der Waals surface area contributed by atoms with Crippen LogP contribution < -0.4 is 15.8 Å². The number of rotatable bonds is 8. The lowest BCUT2D eigenvalue weighted by molar-refractivity contribution is 0.342. The van der Waals surface area contributed by atoms with Gasteiger partial charge in [-0.25, -0.2) is 0 Å². The van der Waals surface area contributed by atoms with Crippen LogP contribution in [0.3, 0.4) is 0 Å². The molecule has 18 heavy (non-hydrogen) atoms. The minimum atomic E-state index is 0.420. The van der Waals surface area contributed by atoms with Crippen molar-refractivity contribution in [3.05, 3.63) is 18.2 Å². The van der Waals surface area contributed by atoms with Crippen LogP contribution in [0.5, 0.6) is 5.75 Å². The average molecular weight is 268 g/mol. The van der Waals surface area contributed by atoms with Crippen LogP contribution in [0.1, 0.15) is 27.2 Å². The van der Waals surface area contributed by atoms with Crippen LogP contribution in [0.2, 0.25) is 0 Å². The molecule has 1 atom stereocenters. The molecule has 0 amide bonds. The molecule has 3 N–H and O–H groups in total. The quantitative estimate of drug-likeness (QED) is 0.558. The summed E-state index contributed by atoms with van der Waals surface area (Å²) in [6.07, 6.45) is 1.14. The lowest BCUT2D eigenvalue weighted by atomic mass is 10.2. The van der Waals surface area contributed by atoms with Crippen molar-refractivity contribution in [1.29, 1.82) is 0 Å². The third-order valence-corrected chi connectivity index (χ3v) is 3.60. The SMILES string of the molecule is CCOc1cccc(NC(C)CCSCC)c1N. The lowest BCUT2D eigenvalue weighted by Crippen LogP contribution is -2.17. The van der Waals surface area contributed by atoms with Gasteiger partial charge in [0.05, 0.1) is 18.0 Å². The Morgan fingerprint density at radius 3 is 2.83 bits per heavy atom. The molecule has 0 saturated carbocycles. The first-order valence-electron chi connectivity index (χ1n) is 6.54. The predicted octanol–water partition coefficient (Wildman–Crippen LogP) is 3.61. The van der Waals surface area contributed by atoms with E-state index in [-0.39, 0.29) is 0 Å². The zero-order valence-corrected chi connectivity index (χ0v) is 12.3. The number of benzene rings is 1. The molecule has 1 aromatic rings. The number of ether oxygens (including phenoxy) is 1. The molecule has 0 radical (unpaired) electrons. The van der Waals surface area contributed by atoms with E-state index in [9.17, 15) is 0 Å². The molecule has 1 aromatic carbocycles. The van der Waals surface area contributed by atoms with Gasteiger partial charge in [-0.15, -0.1) is 0 Å². The largest absolute Gasteiger partial charge is 0.492 e. The number of thioether (sulfide) groups is 1. The van der Waals surface area contributed by atoms with Crippen molar-refractivity contribution in [2.24, 2.45) is 0 Å². The number of hydrogen-bond donors (Lipinski definition) is 2. The zero-order chi connectivity index (χ0) is 13.4. The van der Waals surface area contributed by atoms with Crippen molar-refractivity contribution < 1.29 is 4.74 Å². The molecule has 0 aromatic heterocycles. The first-order chi connectivity index (χ1) is 8.69. The molecule has 0 aliphatic carbocycles. The molecule has 1 unspecified atom stereocenters. The molecular formula is C14H24N2OS. The highest BCUT2D eigenvalue weighted by Crippen LogP contribution is 2.30. The fourth-order valence-electron chi connectivity index (χ4n) is 1.69. The monoisotopic (exact) mass is 268 g/mol. The van der Waals surface area contributed by atoms with Crippen LogP contribution in [0.4, 0.5) is 11.4 Å². The van der Waals surface area contributed by atoms with Crippen molar-refractivity contribution in [3.63, 3.8) is 0 Å². The number of anilines is 2. The maximum absolute atomic E-state index is 6.08. The third-order valence-electron chi connectivity index (χ3n) is 2.67. The molecule has 0 spiro atoms. The highest BCUT2D eigenvalue weighted by Gasteiger charge is 2.08. The molecule has 1 rings (SSSR count). The van der Waals surface area contributed by atoms with E-state index in [1.165, 1.54) is 11.5 Å². The van der Waals surface area contributed by atoms with Crippen LogP contribution in [0.25, 0.3) is 0 Å².